The standard InChI is InChI=1S/C18H37NO4Si2/c1-16(2,3)24(7,8)18(14(20)21)12-11-13-19(18)15(22)23-25(9,10)17(4,5)6/h11-13H2,1-10H3,(H,20,21). The SMILES string of the molecule is CC(C)(C)[Si](C)(C)OC(=O)N1CCCC1(C(=O)O)[Si](C)(C)C(C)(C)C. The monoisotopic (exact) mass is 387 g/mol. The minimum absolute atomic E-state index is 0.106. The summed E-state index contributed by atoms with van der Waals surface area (Å²) in [5, 5.41) is 8.88. The lowest BCUT2D eigenvalue weighted by Crippen LogP contribution is -2.71. The number of nitrogens with zero attached hydrogens (tertiary/aromatic N) is 1. The van der Waals surface area contributed by atoms with E-state index < -0.39 is 33.6 Å². The highest BCUT2D eigenvalue weighted by Crippen LogP contribution is 2.50. The highest BCUT2D eigenvalue weighted by molar-refractivity contribution is 6.86. The maximum atomic E-state index is 13.1. The molecule has 1 aliphatic rings. The van der Waals surface area contributed by atoms with E-state index in [1.807, 2.05) is 13.1 Å². The van der Waals surface area contributed by atoms with Gasteiger partial charge in [0, 0.05) is 6.54 Å². The Morgan fingerprint density at radius 2 is 1.48 bits per heavy atom. The van der Waals surface area contributed by atoms with Gasteiger partial charge in [0.2, 0.25) is 0 Å². The van der Waals surface area contributed by atoms with E-state index in [1.165, 1.54) is 0 Å². The molecule has 1 rings (SSSR count). The van der Waals surface area contributed by atoms with E-state index in [0.717, 1.165) is 0 Å². The van der Waals surface area contributed by atoms with Gasteiger partial charge in [0.25, 0.3) is 8.32 Å². The lowest BCUT2D eigenvalue weighted by Gasteiger charge is -2.52. The summed E-state index contributed by atoms with van der Waals surface area (Å²) in [6.07, 6.45) is 0.799. The third-order valence-electron chi connectivity index (χ3n) is 7.01. The van der Waals surface area contributed by atoms with Gasteiger partial charge >= 0.3 is 12.1 Å². The molecule has 1 N–H and O–H groups in total. The maximum absolute atomic E-state index is 13.1. The summed E-state index contributed by atoms with van der Waals surface area (Å²) < 4.78 is 5.98. The molecule has 1 aliphatic heterocycles. The van der Waals surface area contributed by atoms with Gasteiger partial charge in [0.05, 0.1) is 8.07 Å². The number of carboxylic acid groups (broad SMARTS) is 1. The number of amides is 1. The summed E-state index contributed by atoms with van der Waals surface area (Å²) in [5.41, 5.74) is 0. The second-order valence-corrected chi connectivity index (χ2v) is 20.7. The first kappa shape index (κ1) is 22.2. The number of hydrogen-bond donors (Lipinski definition) is 1. The van der Waals surface area contributed by atoms with Crippen LogP contribution >= 0.6 is 0 Å². The molecule has 0 bridgehead atoms. The number of carboxylic acids is 1. The predicted octanol–water partition coefficient (Wildman–Crippen LogP) is 5.10. The third-order valence-corrected chi connectivity index (χ3v) is 17.9. The summed E-state index contributed by atoms with van der Waals surface area (Å²) in [5.74, 6) is -0.872. The molecule has 0 aromatic heterocycles. The van der Waals surface area contributed by atoms with Crippen molar-refractivity contribution in [2.75, 3.05) is 6.54 Å². The molecule has 1 amide bonds. The van der Waals surface area contributed by atoms with Crippen LogP contribution in [-0.2, 0) is 9.22 Å². The van der Waals surface area contributed by atoms with Crippen molar-refractivity contribution in [1.29, 1.82) is 0 Å². The fourth-order valence-electron chi connectivity index (χ4n) is 3.25. The van der Waals surface area contributed by atoms with E-state index in [9.17, 15) is 14.7 Å². The number of carbonyl (C=O) groups excluding carboxylic acids is 1. The Morgan fingerprint density at radius 1 is 1.00 bits per heavy atom. The zero-order valence-corrected chi connectivity index (χ0v) is 19.7. The molecule has 1 saturated heterocycles. The van der Waals surface area contributed by atoms with Crippen molar-refractivity contribution in [3.63, 3.8) is 0 Å². The molecule has 146 valence electrons. The average Bonchev–Trinajstić information content (AvgIpc) is 2.81. The van der Waals surface area contributed by atoms with Gasteiger partial charge in [-0.1, -0.05) is 54.6 Å². The van der Waals surface area contributed by atoms with Crippen LogP contribution in [0.4, 0.5) is 4.79 Å². The Kier molecular flexibility index (Phi) is 5.69. The minimum atomic E-state index is -2.39. The van der Waals surface area contributed by atoms with Crippen LogP contribution in [0.3, 0.4) is 0 Å². The van der Waals surface area contributed by atoms with Crippen molar-refractivity contribution in [2.45, 2.75) is 95.8 Å². The van der Waals surface area contributed by atoms with E-state index >= 15 is 0 Å². The molecule has 1 fully saturated rings. The van der Waals surface area contributed by atoms with Gasteiger partial charge < -0.3 is 9.53 Å². The van der Waals surface area contributed by atoms with Crippen LogP contribution in [0, 0.1) is 0 Å². The first-order valence-corrected chi connectivity index (χ1v) is 15.1. The molecular formula is C18H37NO4Si2. The Labute approximate surface area is 155 Å². The summed E-state index contributed by atoms with van der Waals surface area (Å²) >= 11 is 0. The molecule has 25 heavy (non-hydrogen) atoms. The fraction of sp³-hybridized carbons (Fsp3) is 0.889. The van der Waals surface area contributed by atoms with E-state index in [-0.39, 0.29) is 10.1 Å². The lowest BCUT2D eigenvalue weighted by atomic mass is 10.2. The predicted molar refractivity (Wildman–Crippen MR) is 107 cm³/mol. The molecule has 1 atom stereocenters. The Morgan fingerprint density at radius 3 is 1.84 bits per heavy atom. The molecular weight excluding hydrogens is 350 g/mol. The van der Waals surface area contributed by atoms with Crippen LogP contribution < -0.4 is 0 Å². The topological polar surface area (TPSA) is 66.8 Å². The van der Waals surface area contributed by atoms with Gasteiger partial charge in [0.15, 0.2) is 0 Å². The Balaban J connectivity index is 3.35. The molecule has 0 spiro atoms. The zero-order chi connectivity index (χ0) is 20.1. The Bertz CT molecular complexity index is 546. The van der Waals surface area contributed by atoms with Gasteiger partial charge in [-0.25, -0.2) is 4.79 Å². The molecule has 0 aromatic carbocycles. The van der Waals surface area contributed by atoms with Crippen LogP contribution in [0.2, 0.25) is 36.3 Å². The zero-order valence-electron chi connectivity index (χ0n) is 17.7. The summed E-state index contributed by atoms with van der Waals surface area (Å²) in [4.78, 5) is 27.2. The Hall–Kier alpha value is -0.826. The van der Waals surface area contributed by atoms with E-state index in [4.69, 9.17) is 4.43 Å². The van der Waals surface area contributed by atoms with Crippen LogP contribution in [-0.4, -0.2) is 50.2 Å². The lowest BCUT2D eigenvalue weighted by molar-refractivity contribution is -0.144. The van der Waals surface area contributed by atoms with Gasteiger partial charge in [0.1, 0.15) is 5.16 Å². The van der Waals surface area contributed by atoms with Gasteiger partial charge in [-0.05, 0) is 36.0 Å². The number of aliphatic carboxylic acids is 1. The second kappa shape index (κ2) is 6.41. The third kappa shape index (κ3) is 3.54. The van der Waals surface area contributed by atoms with Crippen LogP contribution in [0.15, 0.2) is 0 Å². The van der Waals surface area contributed by atoms with E-state index in [2.05, 4.69) is 54.6 Å². The number of carbonyl (C=O) groups is 2. The minimum Gasteiger partial charge on any atom is -0.503 e. The van der Waals surface area contributed by atoms with Crippen molar-refractivity contribution >= 4 is 28.5 Å². The molecule has 0 radical (unpaired) electrons. The first-order chi connectivity index (χ1) is 10.9. The molecule has 5 nitrogen and oxygen atoms in total. The van der Waals surface area contributed by atoms with Crippen LogP contribution in [0.1, 0.15) is 54.4 Å². The smallest absolute Gasteiger partial charge is 0.396 e. The van der Waals surface area contributed by atoms with Gasteiger partial charge in [-0.2, -0.15) is 0 Å². The fourth-order valence-corrected chi connectivity index (χ4v) is 7.56. The maximum Gasteiger partial charge on any atom is 0.396 e. The summed E-state index contributed by atoms with van der Waals surface area (Å²) in [6, 6.07) is 0. The van der Waals surface area contributed by atoms with Crippen molar-refractivity contribution in [1.82, 2.24) is 4.90 Å². The second-order valence-electron chi connectivity index (χ2n) is 10.4. The average molecular weight is 388 g/mol. The molecule has 7 heteroatoms. The van der Waals surface area contributed by atoms with Gasteiger partial charge in [-0.3, -0.25) is 9.69 Å². The van der Waals surface area contributed by atoms with E-state index in [1.54, 1.807) is 4.90 Å². The van der Waals surface area contributed by atoms with Gasteiger partial charge in [-0.15, -0.1) is 0 Å². The first-order valence-electron chi connectivity index (χ1n) is 9.16. The number of hydrogen-bond acceptors (Lipinski definition) is 3. The highest BCUT2D eigenvalue weighted by atomic mass is 28.4. The number of rotatable bonds is 3. The van der Waals surface area contributed by atoms with E-state index in [0.29, 0.717) is 19.4 Å². The normalized spacial score (nSPS) is 22.9. The summed E-state index contributed by atoms with van der Waals surface area (Å²) in [7, 11) is -4.70. The number of likely N-dealkylation sites (tertiary alicyclic amines) is 1. The van der Waals surface area contributed by atoms with Crippen LogP contribution in [0.25, 0.3) is 0 Å². The molecule has 1 heterocycles. The quantitative estimate of drug-likeness (QED) is 0.684. The van der Waals surface area contributed by atoms with Crippen molar-refractivity contribution in [3.8, 4) is 0 Å². The molecule has 0 aromatic rings. The van der Waals surface area contributed by atoms with Crippen molar-refractivity contribution < 1.29 is 19.1 Å². The van der Waals surface area contributed by atoms with Crippen molar-refractivity contribution in [2.24, 2.45) is 0 Å². The molecule has 1 unspecified atom stereocenters. The summed E-state index contributed by atoms with van der Waals surface area (Å²) in [6.45, 7) is 21.2. The highest BCUT2D eigenvalue weighted by Gasteiger charge is 2.64. The van der Waals surface area contributed by atoms with Crippen LogP contribution in [0.5, 0.6) is 0 Å². The molecule has 0 aliphatic carbocycles. The molecule has 0 saturated carbocycles. The van der Waals surface area contributed by atoms with Crippen molar-refractivity contribution in [3.05, 3.63) is 0 Å². The largest absolute Gasteiger partial charge is 0.503 e.